The molecule has 0 bridgehead atoms. The Bertz CT molecular complexity index is 1150. The maximum absolute atomic E-state index is 14.3. The molecule has 1 atom stereocenters. The van der Waals surface area contributed by atoms with E-state index >= 15 is 0 Å². The summed E-state index contributed by atoms with van der Waals surface area (Å²) in [6.45, 7) is 1.43. The molecule has 0 radical (unpaired) electrons. The lowest BCUT2D eigenvalue weighted by atomic mass is 10.1. The van der Waals surface area contributed by atoms with E-state index in [9.17, 15) is 22.0 Å². The first kappa shape index (κ1) is 23.6. The Morgan fingerprint density at radius 1 is 1.31 bits per heavy atom. The molecule has 0 aliphatic heterocycles. The molecule has 1 fully saturated rings. The maximum atomic E-state index is 14.3. The van der Waals surface area contributed by atoms with Crippen LogP contribution in [0.5, 0.6) is 5.75 Å². The number of carbonyl (C=O) groups is 1. The Labute approximate surface area is 185 Å². The number of sulfone groups is 1. The molecule has 11 heteroatoms. The van der Waals surface area contributed by atoms with Crippen molar-refractivity contribution in [2.24, 2.45) is 0 Å². The predicted molar refractivity (Wildman–Crippen MR) is 115 cm³/mol. The number of methoxy groups -OCH3 is 1. The minimum absolute atomic E-state index is 0.0464. The minimum Gasteiger partial charge on any atom is -0.493 e. The summed E-state index contributed by atoms with van der Waals surface area (Å²) in [4.78, 5) is 21.4. The van der Waals surface area contributed by atoms with E-state index in [-0.39, 0.29) is 35.2 Å². The van der Waals surface area contributed by atoms with Crippen molar-refractivity contribution < 1.29 is 26.7 Å². The molecule has 1 aliphatic rings. The average molecular weight is 467 g/mol. The fourth-order valence-corrected chi connectivity index (χ4v) is 3.48. The first-order valence-corrected chi connectivity index (χ1v) is 11.8. The molecule has 0 spiro atoms. The number of aromatic nitrogens is 2. The molecule has 172 valence electrons. The number of benzene rings is 1. The molecule has 0 saturated heterocycles. The van der Waals surface area contributed by atoms with Crippen LogP contribution in [0.4, 0.5) is 14.6 Å². The van der Waals surface area contributed by atoms with Crippen LogP contribution in [0.15, 0.2) is 29.8 Å². The van der Waals surface area contributed by atoms with Crippen LogP contribution in [0.25, 0.3) is 0 Å². The first-order chi connectivity index (χ1) is 15.1. The van der Waals surface area contributed by atoms with Gasteiger partial charge in [0.1, 0.15) is 23.0 Å². The molecule has 2 aromatic rings. The SMILES string of the molecule is COc1c(F)ccc(F)c1CNc1nc(C2CC2)ncc1C(=O)N[C@@H](C)/C=C/S(C)(=O)=O. The predicted octanol–water partition coefficient (Wildman–Crippen LogP) is 2.93. The highest BCUT2D eigenvalue weighted by Crippen LogP contribution is 2.38. The van der Waals surface area contributed by atoms with Gasteiger partial charge in [-0.05, 0) is 31.9 Å². The molecule has 1 amide bonds. The number of nitrogens with one attached hydrogen (secondary N) is 2. The van der Waals surface area contributed by atoms with Gasteiger partial charge in [0.05, 0.1) is 12.7 Å². The van der Waals surface area contributed by atoms with Gasteiger partial charge in [-0.1, -0.05) is 6.08 Å². The normalized spacial score (nSPS) is 14.9. The Morgan fingerprint density at radius 3 is 2.62 bits per heavy atom. The average Bonchev–Trinajstić information content (AvgIpc) is 3.57. The van der Waals surface area contributed by atoms with E-state index in [0.29, 0.717) is 5.82 Å². The van der Waals surface area contributed by atoms with Crippen molar-refractivity contribution in [1.82, 2.24) is 15.3 Å². The van der Waals surface area contributed by atoms with E-state index in [1.54, 1.807) is 6.92 Å². The van der Waals surface area contributed by atoms with Gasteiger partial charge in [0.15, 0.2) is 21.4 Å². The second-order valence-corrected chi connectivity index (χ2v) is 9.51. The van der Waals surface area contributed by atoms with E-state index in [1.165, 1.54) is 19.4 Å². The largest absolute Gasteiger partial charge is 0.493 e. The lowest BCUT2D eigenvalue weighted by Gasteiger charge is -2.16. The van der Waals surface area contributed by atoms with Crippen molar-refractivity contribution >= 4 is 21.6 Å². The third kappa shape index (κ3) is 6.00. The zero-order valence-corrected chi connectivity index (χ0v) is 18.7. The standard InChI is InChI=1S/C21H24F2N4O4S/c1-12(8-9-32(3,29)30)26-21(28)15-11-24-19(13-4-5-13)27-20(15)25-10-14-16(22)6-7-17(23)18(14)31-2/h6-9,11-13H,4-5,10H2,1-3H3,(H,26,28)(H,24,25,27)/b9-8+/t12-/m0/s1. The molecule has 32 heavy (non-hydrogen) atoms. The zero-order chi connectivity index (χ0) is 23.5. The van der Waals surface area contributed by atoms with Gasteiger partial charge in [0, 0.05) is 36.4 Å². The lowest BCUT2D eigenvalue weighted by Crippen LogP contribution is -2.32. The first-order valence-electron chi connectivity index (χ1n) is 9.90. The third-order valence-corrected chi connectivity index (χ3v) is 5.41. The van der Waals surface area contributed by atoms with Crippen molar-refractivity contribution in [3.05, 3.63) is 58.4 Å². The second-order valence-electron chi connectivity index (χ2n) is 7.58. The summed E-state index contributed by atoms with van der Waals surface area (Å²) in [5.74, 6) is -1.25. The number of ether oxygens (including phenoxy) is 1. The van der Waals surface area contributed by atoms with Gasteiger partial charge < -0.3 is 15.4 Å². The summed E-state index contributed by atoms with van der Waals surface area (Å²) in [5.41, 5.74) is 0.0414. The zero-order valence-electron chi connectivity index (χ0n) is 17.9. The summed E-state index contributed by atoms with van der Waals surface area (Å²) in [5, 5.41) is 6.54. The van der Waals surface area contributed by atoms with E-state index < -0.39 is 33.4 Å². The van der Waals surface area contributed by atoms with Crippen LogP contribution < -0.4 is 15.4 Å². The molecule has 8 nitrogen and oxygen atoms in total. The third-order valence-electron chi connectivity index (χ3n) is 4.76. The van der Waals surface area contributed by atoms with Crippen molar-refractivity contribution in [2.75, 3.05) is 18.7 Å². The molecule has 3 rings (SSSR count). The van der Waals surface area contributed by atoms with E-state index in [2.05, 4.69) is 20.6 Å². The van der Waals surface area contributed by atoms with E-state index in [1.807, 2.05) is 0 Å². The summed E-state index contributed by atoms with van der Waals surface area (Å²) in [6.07, 6.45) is 5.62. The molecule has 1 saturated carbocycles. The van der Waals surface area contributed by atoms with Crippen LogP contribution in [0.2, 0.25) is 0 Å². The molecule has 1 aromatic heterocycles. The van der Waals surface area contributed by atoms with Crippen molar-refractivity contribution in [2.45, 2.75) is 38.3 Å². The second kappa shape index (κ2) is 9.60. The number of hydrogen-bond acceptors (Lipinski definition) is 7. The quantitative estimate of drug-likeness (QED) is 0.585. The van der Waals surface area contributed by atoms with Gasteiger partial charge >= 0.3 is 0 Å². The number of anilines is 1. The van der Waals surface area contributed by atoms with Crippen molar-refractivity contribution in [3.63, 3.8) is 0 Å². The Morgan fingerprint density at radius 2 is 2.00 bits per heavy atom. The van der Waals surface area contributed by atoms with Crippen LogP contribution in [0.1, 0.15) is 47.4 Å². The van der Waals surface area contributed by atoms with Gasteiger partial charge in [-0.3, -0.25) is 4.79 Å². The fourth-order valence-electron chi connectivity index (χ4n) is 2.96. The lowest BCUT2D eigenvalue weighted by molar-refractivity contribution is 0.0947. The molecule has 1 heterocycles. The maximum Gasteiger partial charge on any atom is 0.257 e. The van der Waals surface area contributed by atoms with Crippen LogP contribution in [0.3, 0.4) is 0 Å². The highest BCUT2D eigenvalue weighted by atomic mass is 32.2. The molecular formula is C21H24F2N4O4S. The monoisotopic (exact) mass is 466 g/mol. The van der Waals surface area contributed by atoms with Crippen molar-refractivity contribution in [3.8, 4) is 5.75 Å². The number of nitrogens with zero attached hydrogens (tertiary/aromatic N) is 2. The van der Waals surface area contributed by atoms with Crippen LogP contribution in [0, 0.1) is 11.6 Å². The Hall–Kier alpha value is -3.08. The van der Waals surface area contributed by atoms with Gasteiger partial charge in [0.25, 0.3) is 5.91 Å². The highest BCUT2D eigenvalue weighted by molar-refractivity contribution is 7.93. The molecule has 2 N–H and O–H groups in total. The molecule has 1 aliphatic carbocycles. The van der Waals surface area contributed by atoms with Gasteiger partial charge in [-0.2, -0.15) is 0 Å². The van der Waals surface area contributed by atoms with Gasteiger partial charge in [-0.25, -0.2) is 27.2 Å². The molecule has 0 unspecified atom stereocenters. The van der Waals surface area contributed by atoms with E-state index in [0.717, 1.165) is 36.6 Å². The Kier molecular flexibility index (Phi) is 7.07. The summed E-state index contributed by atoms with van der Waals surface area (Å²) in [7, 11) is -2.10. The topological polar surface area (TPSA) is 110 Å². The van der Waals surface area contributed by atoms with Crippen LogP contribution in [-0.2, 0) is 16.4 Å². The molecular weight excluding hydrogens is 442 g/mol. The fraction of sp³-hybridized carbons (Fsp3) is 0.381. The smallest absolute Gasteiger partial charge is 0.257 e. The van der Waals surface area contributed by atoms with Crippen LogP contribution >= 0.6 is 0 Å². The highest BCUT2D eigenvalue weighted by Gasteiger charge is 2.28. The number of halogens is 2. The summed E-state index contributed by atoms with van der Waals surface area (Å²) >= 11 is 0. The molecule has 1 aromatic carbocycles. The Balaban J connectivity index is 1.85. The van der Waals surface area contributed by atoms with Crippen LogP contribution in [-0.4, -0.2) is 43.7 Å². The summed E-state index contributed by atoms with van der Waals surface area (Å²) < 4.78 is 55.8. The number of carbonyl (C=O) groups excluding carboxylic acids is 1. The number of amides is 1. The van der Waals surface area contributed by atoms with Gasteiger partial charge in [0.2, 0.25) is 0 Å². The number of hydrogen-bond donors (Lipinski definition) is 2. The van der Waals surface area contributed by atoms with Gasteiger partial charge in [-0.15, -0.1) is 0 Å². The number of rotatable bonds is 9. The summed E-state index contributed by atoms with van der Waals surface area (Å²) in [6, 6.07) is 1.38. The minimum atomic E-state index is -3.34. The van der Waals surface area contributed by atoms with E-state index in [4.69, 9.17) is 4.74 Å². The van der Waals surface area contributed by atoms with Crippen molar-refractivity contribution in [1.29, 1.82) is 0 Å².